The molecule has 0 bridgehead atoms. The van der Waals surface area contributed by atoms with E-state index in [2.05, 4.69) is 29.5 Å². The number of thioether (sulfide) groups is 1. The van der Waals surface area contributed by atoms with Gasteiger partial charge in [0.2, 0.25) is 5.91 Å². The number of likely N-dealkylation sites (N-methyl/N-ethyl adjacent to an activating group) is 1. The number of piperazine rings is 1. The molecule has 1 amide bonds. The standard InChI is InChI=1S/C31H38N6O4S/c1-5-27(38)37-17-16-36(18-21(37)13-14-32)30-23-11-12-26(42-25-10-6-9-24(40-4)20(25)2)29(39)28(23)33-31(34-30)41-19-22-8-7-15-35(22)3/h5-6,9-10,21-22,26H,1,7-8,11-13,15-19H2,2-4H3/t21?,22?,26-/m1/s1. The highest BCUT2D eigenvalue weighted by Crippen LogP contribution is 2.39. The Morgan fingerprint density at radius 2 is 2.07 bits per heavy atom. The Labute approximate surface area is 251 Å². The number of anilines is 1. The highest BCUT2D eigenvalue weighted by molar-refractivity contribution is 8.00. The zero-order valence-corrected chi connectivity index (χ0v) is 25.4. The van der Waals surface area contributed by atoms with Crippen molar-refractivity contribution in [2.24, 2.45) is 0 Å². The van der Waals surface area contributed by atoms with E-state index in [1.54, 1.807) is 23.8 Å². The number of benzene rings is 1. The molecule has 1 aliphatic carbocycles. The van der Waals surface area contributed by atoms with Gasteiger partial charge in [0.05, 0.1) is 30.9 Å². The summed E-state index contributed by atoms with van der Waals surface area (Å²) in [7, 11) is 3.74. The topological polar surface area (TPSA) is 112 Å². The summed E-state index contributed by atoms with van der Waals surface area (Å²) < 4.78 is 11.7. The van der Waals surface area contributed by atoms with Crippen LogP contribution in [0.5, 0.6) is 11.8 Å². The number of hydrogen-bond acceptors (Lipinski definition) is 10. The lowest BCUT2D eigenvalue weighted by Crippen LogP contribution is -2.55. The van der Waals surface area contributed by atoms with Crippen molar-refractivity contribution in [2.45, 2.75) is 61.3 Å². The Hall–Kier alpha value is -3.62. The van der Waals surface area contributed by atoms with E-state index < -0.39 is 0 Å². The van der Waals surface area contributed by atoms with Crippen LogP contribution in [0.3, 0.4) is 0 Å². The molecule has 11 heteroatoms. The molecule has 0 spiro atoms. The van der Waals surface area contributed by atoms with E-state index >= 15 is 0 Å². The number of fused-ring (bicyclic) bond motifs is 1. The van der Waals surface area contributed by atoms with Crippen LogP contribution in [0, 0.1) is 18.3 Å². The minimum absolute atomic E-state index is 0.0380. The molecule has 222 valence electrons. The van der Waals surface area contributed by atoms with Crippen molar-refractivity contribution in [2.75, 3.05) is 51.8 Å². The predicted octanol–water partition coefficient (Wildman–Crippen LogP) is 3.67. The maximum atomic E-state index is 14.0. The lowest BCUT2D eigenvalue weighted by molar-refractivity contribution is -0.128. The second kappa shape index (κ2) is 13.1. The number of methoxy groups -OCH3 is 1. The first kappa shape index (κ1) is 29.9. The normalized spacial score (nSPS) is 22.4. The van der Waals surface area contributed by atoms with Crippen molar-refractivity contribution in [1.82, 2.24) is 19.8 Å². The average molecular weight is 591 g/mol. The van der Waals surface area contributed by atoms with Crippen LogP contribution in [-0.4, -0.2) is 95.7 Å². The molecule has 3 aliphatic rings. The molecule has 2 unspecified atom stereocenters. The molecule has 2 fully saturated rings. The summed E-state index contributed by atoms with van der Waals surface area (Å²) in [5.41, 5.74) is 2.22. The lowest BCUT2D eigenvalue weighted by Gasteiger charge is -2.41. The Balaban J connectivity index is 1.46. The molecule has 0 saturated carbocycles. The van der Waals surface area contributed by atoms with Gasteiger partial charge in [-0.05, 0) is 64.4 Å². The van der Waals surface area contributed by atoms with E-state index in [4.69, 9.17) is 19.4 Å². The average Bonchev–Trinajstić information content (AvgIpc) is 3.42. The van der Waals surface area contributed by atoms with Crippen LogP contribution < -0.4 is 14.4 Å². The smallest absolute Gasteiger partial charge is 0.319 e. The molecule has 5 rings (SSSR count). The number of amides is 1. The summed E-state index contributed by atoms with van der Waals surface area (Å²) in [6, 6.07) is 8.25. The van der Waals surface area contributed by atoms with Crippen molar-refractivity contribution in [1.29, 1.82) is 5.26 Å². The number of carbonyl (C=O) groups excluding carboxylic acids is 2. The van der Waals surface area contributed by atoms with E-state index in [0.29, 0.717) is 50.6 Å². The highest BCUT2D eigenvalue weighted by Gasteiger charge is 2.37. The van der Waals surface area contributed by atoms with E-state index in [9.17, 15) is 14.9 Å². The van der Waals surface area contributed by atoms with Crippen LogP contribution in [0.15, 0.2) is 35.7 Å². The van der Waals surface area contributed by atoms with Crippen molar-refractivity contribution < 1.29 is 19.1 Å². The van der Waals surface area contributed by atoms with Gasteiger partial charge in [-0.3, -0.25) is 9.59 Å². The van der Waals surface area contributed by atoms with Crippen LogP contribution in [0.4, 0.5) is 5.82 Å². The Morgan fingerprint density at radius 1 is 1.24 bits per heavy atom. The summed E-state index contributed by atoms with van der Waals surface area (Å²) in [6.07, 6.45) is 4.93. The number of rotatable bonds is 9. The molecule has 2 saturated heterocycles. The number of aromatic nitrogens is 2. The second-order valence-corrected chi connectivity index (χ2v) is 12.3. The Kier molecular flexibility index (Phi) is 9.34. The van der Waals surface area contributed by atoms with Gasteiger partial charge in [-0.15, -0.1) is 11.8 Å². The molecule has 0 radical (unpaired) electrons. The molecule has 10 nitrogen and oxygen atoms in total. The van der Waals surface area contributed by atoms with Crippen molar-refractivity contribution >= 4 is 29.3 Å². The van der Waals surface area contributed by atoms with Gasteiger partial charge in [-0.2, -0.15) is 15.2 Å². The molecule has 2 aromatic rings. The van der Waals surface area contributed by atoms with Crippen LogP contribution in [0.2, 0.25) is 0 Å². The van der Waals surface area contributed by atoms with Crippen LogP contribution in [0.1, 0.15) is 47.3 Å². The van der Waals surface area contributed by atoms with Crippen molar-refractivity contribution in [3.63, 3.8) is 0 Å². The minimum atomic E-state index is -0.310. The highest BCUT2D eigenvalue weighted by atomic mass is 32.2. The van der Waals surface area contributed by atoms with Gasteiger partial charge < -0.3 is 24.2 Å². The molecule has 1 aromatic carbocycles. The number of ketones is 1. The third-order valence-electron chi connectivity index (χ3n) is 8.51. The maximum absolute atomic E-state index is 14.0. The first-order chi connectivity index (χ1) is 20.3. The molecule has 42 heavy (non-hydrogen) atoms. The molecule has 3 heterocycles. The molecular formula is C31H38N6O4S. The molecule has 2 aliphatic heterocycles. The number of hydrogen-bond donors (Lipinski definition) is 0. The third kappa shape index (κ3) is 6.10. The van der Waals surface area contributed by atoms with Crippen molar-refractivity contribution in [3.8, 4) is 17.8 Å². The van der Waals surface area contributed by atoms with Gasteiger partial charge in [0.15, 0.2) is 5.78 Å². The van der Waals surface area contributed by atoms with Gasteiger partial charge in [-0.25, -0.2) is 0 Å². The monoisotopic (exact) mass is 590 g/mol. The predicted molar refractivity (Wildman–Crippen MR) is 161 cm³/mol. The van der Waals surface area contributed by atoms with Crippen LogP contribution in [-0.2, 0) is 11.2 Å². The molecule has 0 N–H and O–H groups in total. The number of likely N-dealkylation sites (tertiary alicyclic amines) is 1. The third-order valence-corrected chi connectivity index (χ3v) is 9.94. The first-order valence-corrected chi connectivity index (χ1v) is 15.4. The number of nitrogens with zero attached hydrogens (tertiary/aromatic N) is 6. The minimum Gasteiger partial charge on any atom is -0.496 e. The van der Waals surface area contributed by atoms with Gasteiger partial charge in [0.25, 0.3) is 0 Å². The number of Topliss-reactive ketones (excluding diaryl/α,β-unsaturated/α-hetero) is 1. The molecule has 3 atom stereocenters. The zero-order valence-electron chi connectivity index (χ0n) is 24.5. The zero-order chi connectivity index (χ0) is 29.8. The summed E-state index contributed by atoms with van der Waals surface area (Å²) >= 11 is 1.55. The summed E-state index contributed by atoms with van der Waals surface area (Å²) in [5.74, 6) is 1.23. The van der Waals surface area contributed by atoms with Crippen LogP contribution >= 0.6 is 11.8 Å². The Morgan fingerprint density at radius 3 is 2.79 bits per heavy atom. The molecular weight excluding hydrogens is 552 g/mol. The second-order valence-electron chi connectivity index (χ2n) is 11.0. The number of carbonyl (C=O) groups is 2. The van der Waals surface area contributed by atoms with E-state index in [1.165, 1.54) is 6.08 Å². The van der Waals surface area contributed by atoms with E-state index in [-0.39, 0.29) is 41.5 Å². The Bertz CT molecular complexity index is 1390. The fourth-order valence-electron chi connectivity index (χ4n) is 6.08. The van der Waals surface area contributed by atoms with Crippen LogP contribution in [0.25, 0.3) is 0 Å². The SMILES string of the molecule is C=CC(=O)N1CCN(c2nc(OCC3CCCN3C)nc3c2CC[C@@H](Sc2cccc(OC)c2C)C3=O)CC1CC#N. The fourth-order valence-corrected chi connectivity index (χ4v) is 7.27. The largest absolute Gasteiger partial charge is 0.496 e. The van der Waals surface area contributed by atoms with Gasteiger partial charge >= 0.3 is 6.01 Å². The fraction of sp³-hybridized carbons (Fsp3) is 0.516. The number of ether oxygens (including phenoxy) is 2. The van der Waals surface area contributed by atoms with Gasteiger partial charge in [0.1, 0.15) is 23.9 Å². The summed E-state index contributed by atoms with van der Waals surface area (Å²) in [5, 5.41) is 9.18. The van der Waals surface area contributed by atoms with Gasteiger partial charge in [-0.1, -0.05) is 12.6 Å². The first-order valence-electron chi connectivity index (χ1n) is 14.5. The van der Waals surface area contributed by atoms with E-state index in [0.717, 1.165) is 41.2 Å². The number of nitriles is 1. The maximum Gasteiger partial charge on any atom is 0.319 e. The molecule has 1 aromatic heterocycles. The van der Waals surface area contributed by atoms with Crippen molar-refractivity contribution in [3.05, 3.63) is 47.7 Å². The van der Waals surface area contributed by atoms with E-state index in [1.807, 2.05) is 25.1 Å². The van der Waals surface area contributed by atoms with Gasteiger partial charge in [0, 0.05) is 41.7 Å². The lowest BCUT2D eigenvalue weighted by atomic mass is 9.94. The quantitative estimate of drug-likeness (QED) is 0.401. The summed E-state index contributed by atoms with van der Waals surface area (Å²) in [4.78, 5) is 43.1. The summed E-state index contributed by atoms with van der Waals surface area (Å²) in [6.45, 7) is 8.48.